The van der Waals surface area contributed by atoms with Crippen molar-refractivity contribution in [3.8, 4) is 17.2 Å². The minimum atomic E-state index is -5.79. The largest absolute Gasteiger partial charge is 0.534 e. The van der Waals surface area contributed by atoms with Gasteiger partial charge in [-0.05, 0) is 17.7 Å². The zero-order valence-corrected chi connectivity index (χ0v) is 12.2. The van der Waals surface area contributed by atoms with E-state index in [0.29, 0.717) is 22.4 Å². The molecule has 0 aliphatic carbocycles. The van der Waals surface area contributed by atoms with Gasteiger partial charge in [0, 0.05) is 11.1 Å². The monoisotopic (exact) mass is 342 g/mol. The lowest BCUT2D eigenvalue weighted by Gasteiger charge is -2.23. The molecular formula is C15H9F3O4S. The van der Waals surface area contributed by atoms with Gasteiger partial charge in [0.15, 0.2) is 11.5 Å². The maximum atomic E-state index is 12.5. The number of halogens is 3. The average molecular weight is 342 g/mol. The number of hydrogen-bond donors (Lipinski definition) is 0. The van der Waals surface area contributed by atoms with E-state index in [-0.39, 0.29) is 5.75 Å². The Kier molecular flexibility index (Phi) is 3.36. The average Bonchev–Trinajstić information content (AvgIpc) is 2.47. The molecule has 1 aliphatic rings. The van der Waals surface area contributed by atoms with Gasteiger partial charge in [0.1, 0.15) is 5.75 Å². The van der Waals surface area contributed by atoms with E-state index in [0.717, 1.165) is 6.07 Å². The molecule has 0 spiro atoms. The minimum Gasteiger partial charge on any atom is -0.452 e. The molecule has 0 bridgehead atoms. The molecule has 8 heteroatoms. The van der Waals surface area contributed by atoms with Crippen molar-refractivity contribution in [1.82, 2.24) is 0 Å². The Morgan fingerprint density at radius 3 is 2.35 bits per heavy atom. The Morgan fingerprint density at radius 2 is 1.65 bits per heavy atom. The molecule has 120 valence electrons. The summed E-state index contributed by atoms with van der Waals surface area (Å²) < 4.78 is 69.6. The Labute approximate surface area is 129 Å². The summed E-state index contributed by atoms with van der Waals surface area (Å²) in [6.45, 7) is 3.88. The zero-order valence-electron chi connectivity index (χ0n) is 11.4. The fourth-order valence-corrected chi connectivity index (χ4v) is 2.61. The molecule has 3 rings (SSSR count). The highest BCUT2D eigenvalue weighted by Gasteiger charge is 2.49. The molecule has 0 radical (unpaired) electrons. The highest BCUT2D eigenvalue weighted by Crippen LogP contribution is 2.47. The molecule has 1 aliphatic heterocycles. The molecule has 0 N–H and O–H groups in total. The van der Waals surface area contributed by atoms with Crippen molar-refractivity contribution in [2.75, 3.05) is 0 Å². The quantitative estimate of drug-likeness (QED) is 0.520. The second kappa shape index (κ2) is 5.02. The lowest BCUT2D eigenvalue weighted by Crippen LogP contribution is -2.28. The number of alkyl halides is 3. The summed E-state index contributed by atoms with van der Waals surface area (Å²) in [7, 11) is -5.79. The van der Waals surface area contributed by atoms with Crippen LogP contribution < -0.4 is 8.92 Å². The highest BCUT2D eigenvalue weighted by molar-refractivity contribution is 7.88. The van der Waals surface area contributed by atoms with Gasteiger partial charge < -0.3 is 8.92 Å². The highest BCUT2D eigenvalue weighted by atomic mass is 32.2. The van der Waals surface area contributed by atoms with Crippen LogP contribution in [0, 0.1) is 0 Å². The molecule has 0 amide bonds. The Bertz CT molecular complexity index is 901. The van der Waals surface area contributed by atoms with E-state index >= 15 is 0 Å². The van der Waals surface area contributed by atoms with E-state index in [9.17, 15) is 21.6 Å². The Balaban J connectivity index is 2.09. The fourth-order valence-electron chi connectivity index (χ4n) is 2.15. The van der Waals surface area contributed by atoms with E-state index in [1.165, 1.54) is 6.07 Å². The van der Waals surface area contributed by atoms with Crippen molar-refractivity contribution in [3.05, 3.63) is 60.2 Å². The predicted molar refractivity (Wildman–Crippen MR) is 76.7 cm³/mol. The van der Waals surface area contributed by atoms with Crippen molar-refractivity contribution in [3.63, 3.8) is 0 Å². The number of fused-ring (bicyclic) bond motifs is 2. The third-order valence-electron chi connectivity index (χ3n) is 3.21. The fraction of sp³-hybridized carbons (Fsp3) is 0.0667. The van der Waals surface area contributed by atoms with Crippen molar-refractivity contribution < 1.29 is 30.5 Å². The Morgan fingerprint density at radius 1 is 1.00 bits per heavy atom. The third-order valence-corrected chi connectivity index (χ3v) is 4.18. The molecule has 0 aromatic heterocycles. The molecule has 2 aromatic rings. The van der Waals surface area contributed by atoms with Crippen LogP contribution in [0.25, 0.3) is 5.57 Å². The first-order valence-corrected chi connectivity index (χ1v) is 7.72. The number of ether oxygens (including phenoxy) is 1. The van der Waals surface area contributed by atoms with E-state index in [1.807, 2.05) is 0 Å². The van der Waals surface area contributed by atoms with E-state index in [2.05, 4.69) is 10.8 Å². The summed E-state index contributed by atoms with van der Waals surface area (Å²) in [5.41, 5.74) is -4.01. The summed E-state index contributed by atoms with van der Waals surface area (Å²) in [5.74, 6) is -0.315. The molecular weight excluding hydrogens is 333 g/mol. The van der Waals surface area contributed by atoms with Crippen LogP contribution >= 0.6 is 0 Å². The second-order valence-electron chi connectivity index (χ2n) is 4.69. The van der Waals surface area contributed by atoms with Gasteiger partial charge in [0.25, 0.3) is 0 Å². The third kappa shape index (κ3) is 2.55. The van der Waals surface area contributed by atoms with Crippen LogP contribution in [0.3, 0.4) is 0 Å². The summed E-state index contributed by atoms with van der Waals surface area (Å²) in [4.78, 5) is 0. The number of para-hydroxylation sites is 2. The van der Waals surface area contributed by atoms with Crippen molar-refractivity contribution >= 4 is 15.7 Å². The van der Waals surface area contributed by atoms with Crippen molar-refractivity contribution in [2.45, 2.75) is 5.51 Å². The van der Waals surface area contributed by atoms with Gasteiger partial charge in [0.05, 0.1) is 0 Å². The first-order valence-electron chi connectivity index (χ1n) is 6.31. The lowest BCUT2D eigenvalue weighted by atomic mass is 9.95. The number of hydrogen-bond acceptors (Lipinski definition) is 4. The minimum absolute atomic E-state index is 0.121. The van der Waals surface area contributed by atoms with Crippen LogP contribution in [0.15, 0.2) is 49.0 Å². The lowest BCUT2D eigenvalue weighted by molar-refractivity contribution is -0.0500. The summed E-state index contributed by atoms with van der Waals surface area (Å²) in [6, 6.07) is 10.8. The van der Waals surface area contributed by atoms with Crippen LogP contribution in [0.5, 0.6) is 17.2 Å². The number of rotatable bonds is 2. The molecule has 0 saturated carbocycles. The second-order valence-corrected chi connectivity index (χ2v) is 6.23. The zero-order chi connectivity index (χ0) is 16.8. The topological polar surface area (TPSA) is 52.6 Å². The van der Waals surface area contributed by atoms with E-state index < -0.39 is 21.4 Å². The van der Waals surface area contributed by atoms with Crippen LogP contribution in [-0.2, 0) is 10.1 Å². The molecule has 1 heterocycles. The van der Waals surface area contributed by atoms with Gasteiger partial charge in [-0.2, -0.15) is 21.6 Å². The van der Waals surface area contributed by atoms with Gasteiger partial charge in [-0.15, -0.1) is 0 Å². The van der Waals surface area contributed by atoms with Gasteiger partial charge >= 0.3 is 15.6 Å². The molecule has 4 nitrogen and oxygen atoms in total. The molecule has 0 unspecified atom stereocenters. The molecule has 0 saturated heterocycles. The van der Waals surface area contributed by atoms with Crippen molar-refractivity contribution in [1.29, 1.82) is 0 Å². The summed E-state index contributed by atoms with van der Waals surface area (Å²) in [5, 5.41) is 0. The van der Waals surface area contributed by atoms with Gasteiger partial charge in [-0.3, -0.25) is 0 Å². The normalized spacial score (nSPS) is 13.8. The first-order chi connectivity index (χ1) is 10.7. The molecule has 23 heavy (non-hydrogen) atoms. The van der Waals surface area contributed by atoms with E-state index in [1.54, 1.807) is 30.3 Å². The van der Waals surface area contributed by atoms with Crippen LogP contribution in [0.1, 0.15) is 11.1 Å². The number of benzene rings is 2. The van der Waals surface area contributed by atoms with Gasteiger partial charge in [0.2, 0.25) is 0 Å². The summed E-state index contributed by atoms with van der Waals surface area (Å²) in [6.07, 6.45) is 0. The van der Waals surface area contributed by atoms with Crippen molar-refractivity contribution in [2.24, 2.45) is 0 Å². The summed E-state index contributed by atoms with van der Waals surface area (Å²) >= 11 is 0. The van der Waals surface area contributed by atoms with E-state index in [4.69, 9.17) is 4.74 Å². The predicted octanol–water partition coefficient (Wildman–Crippen LogP) is 4.08. The standard InChI is InChI=1S/C15H9F3O4S/c1-9-10-5-2-3-7-12(10)21-14-11(9)6-4-8-13(14)22-23(19,20)15(16,17)18/h2-8H,1H2. The Hall–Kier alpha value is -2.48. The van der Waals surface area contributed by atoms with Gasteiger partial charge in [-0.25, -0.2) is 0 Å². The first kappa shape index (κ1) is 15.4. The maximum absolute atomic E-state index is 12.5. The smallest absolute Gasteiger partial charge is 0.452 e. The molecule has 0 atom stereocenters. The van der Waals surface area contributed by atoms with Crippen LogP contribution in [0.4, 0.5) is 13.2 Å². The van der Waals surface area contributed by atoms with Crippen LogP contribution in [0.2, 0.25) is 0 Å². The van der Waals surface area contributed by atoms with Crippen LogP contribution in [-0.4, -0.2) is 13.9 Å². The molecule has 2 aromatic carbocycles. The van der Waals surface area contributed by atoms with Gasteiger partial charge in [-0.1, -0.05) is 36.9 Å². The maximum Gasteiger partial charge on any atom is 0.534 e. The molecule has 0 fully saturated rings. The SMILES string of the molecule is C=C1c2ccccc2Oc2c(OS(=O)(=O)C(F)(F)F)cccc21.